The van der Waals surface area contributed by atoms with Gasteiger partial charge in [0, 0.05) is 35.3 Å². The predicted octanol–water partition coefficient (Wildman–Crippen LogP) is 4.25. The standard InChI is InChI=1S/C25H30N6O4/c1-25(2,3)21-12-22(31-35-21)30-24(33)29-18-6-4-17(5-7-18)28-23(32)20-9-8-19(14-27-20)34-15-16-10-11-26-13-16/h4-9,12,14,16,26H,10-11,13,15H2,1-3H3,(H,28,32)(H2,29,30,31,33)/t16-/m1/s1. The van der Waals surface area contributed by atoms with Crippen LogP contribution in [0.2, 0.25) is 0 Å². The number of hydrogen-bond donors (Lipinski definition) is 4. The van der Waals surface area contributed by atoms with Crippen molar-refractivity contribution in [1.29, 1.82) is 0 Å². The van der Waals surface area contributed by atoms with Crippen LogP contribution in [-0.2, 0) is 5.41 Å². The van der Waals surface area contributed by atoms with E-state index in [4.69, 9.17) is 9.26 Å². The van der Waals surface area contributed by atoms with Crippen LogP contribution >= 0.6 is 0 Å². The minimum Gasteiger partial charge on any atom is -0.492 e. The molecule has 1 fully saturated rings. The normalized spacial score (nSPS) is 15.5. The van der Waals surface area contributed by atoms with Gasteiger partial charge in [-0.3, -0.25) is 10.1 Å². The molecule has 3 amide bonds. The van der Waals surface area contributed by atoms with Gasteiger partial charge in [-0.25, -0.2) is 9.78 Å². The largest absolute Gasteiger partial charge is 0.492 e. The van der Waals surface area contributed by atoms with Crippen LogP contribution < -0.4 is 26.0 Å². The molecule has 0 saturated carbocycles. The lowest BCUT2D eigenvalue weighted by atomic mass is 9.93. The first kappa shape index (κ1) is 24.2. The highest BCUT2D eigenvalue weighted by molar-refractivity contribution is 6.03. The second-order valence-corrected chi connectivity index (χ2v) is 9.49. The Bertz CT molecular complexity index is 1150. The monoisotopic (exact) mass is 478 g/mol. The molecule has 4 rings (SSSR count). The van der Waals surface area contributed by atoms with E-state index in [9.17, 15) is 9.59 Å². The lowest BCUT2D eigenvalue weighted by molar-refractivity contribution is 0.102. The maximum atomic E-state index is 12.5. The highest BCUT2D eigenvalue weighted by atomic mass is 16.5. The molecule has 4 N–H and O–H groups in total. The van der Waals surface area contributed by atoms with E-state index in [1.54, 1.807) is 48.7 Å². The van der Waals surface area contributed by atoms with E-state index >= 15 is 0 Å². The zero-order valence-corrected chi connectivity index (χ0v) is 20.1. The summed E-state index contributed by atoms with van der Waals surface area (Å²) >= 11 is 0. The summed E-state index contributed by atoms with van der Waals surface area (Å²) in [4.78, 5) is 29.0. The van der Waals surface area contributed by atoms with E-state index in [-0.39, 0.29) is 17.0 Å². The fourth-order valence-corrected chi connectivity index (χ4v) is 3.47. The van der Waals surface area contributed by atoms with Crippen molar-refractivity contribution in [2.24, 2.45) is 5.92 Å². The average Bonchev–Trinajstić information content (AvgIpc) is 3.51. The van der Waals surface area contributed by atoms with Crippen molar-refractivity contribution in [3.63, 3.8) is 0 Å². The Hall–Kier alpha value is -3.92. The first-order valence-electron chi connectivity index (χ1n) is 11.5. The van der Waals surface area contributed by atoms with Crippen molar-refractivity contribution in [3.05, 3.63) is 60.1 Å². The lowest BCUT2D eigenvalue weighted by Gasteiger charge is -2.12. The molecule has 0 aliphatic carbocycles. The summed E-state index contributed by atoms with van der Waals surface area (Å²) in [7, 11) is 0. The summed E-state index contributed by atoms with van der Waals surface area (Å²) in [5.74, 6) is 1.81. The van der Waals surface area contributed by atoms with Crippen LogP contribution in [0.15, 0.2) is 53.2 Å². The number of rotatable bonds is 7. The highest BCUT2D eigenvalue weighted by Crippen LogP contribution is 2.24. The fourth-order valence-electron chi connectivity index (χ4n) is 3.47. The topological polar surface area (TPSA) is 130 Å². The number of ether oxygens (including phenoxy) is 1. The van der Waals surface area contributed by atoms with Gasteiger partial charge in [-0.2, -0.15) is 0 Å². The number of urea groups is 1. The maximum absolute atomic E-state index is 12.5. The molecule has 1 aliphatic heterocycles. The molecule has 2 aromatic heterocycles. The van der Waals surface area contributed by atoms with Gasteiger partial charge in [0.2, 0.25) is 0 Å². The predicted molar refractivity (Wildman–Crippen MR) is 133 cm³/mol. The van der Waals surface area contributed by atoms with Crippen LogP contribution in [-0.4, -0.2) is 41.8 Å². The minimum atomic E-state index is -0.453. The van der Waals surface area contributed by atoms with E-state index in [1.807, 2.05) is 20.8 Å². The molecule has 0 spiro atoms. The summed E-state index contributed by atoms with van der Waals surface area (Å²) in [5, 5.41) is 15.3. The molecule has 1 saturated heterocycles. The third-order valence-corrected chi connectivity index (χ3v) is 5.51. The summed E-state index contributed by atoms with van der Waals surface area (Å²) in [6.45, 7) is 8.60. The van der Waals surface area contributed by atoms with Gasteiger partial charge in [0.25, 0.3) is 5.91 Å². The fraction of sp³-hybridized carbons (Fsp3) is 0.360. The Kier molecular flexibility index (Phi) is 7.31. The van der Waals surface area contributed by atoms with Gasteiger partial charge in [-0.1, -0.05) is 25.9 Å². The summed E-state index contributed by atoms with van der Waals surface area (Å²) < 4.78 is 11.0. The zero-order chi connectivity index (χ0) is 24.8. The number of aromatic nitrogens is 2. The molecule has 35 heavy (non-hydrogen) atoms. The molecule has 10 nitrogen and oxygen atoms in total. The van der Waals surface area contributed by atoms with E-state index in [0.717, 1.165) is 19.5 Å². The molecular formula is C25H30N6O4. The first-order valence-corrected chi connectivity index (χ1v) is 11.5. The second kappa shape index (κ2) is 10.6. The molecular weight excluding hydrogens is 448 g/mol. The van der Waals surface area contributed by atoms with Gasteiger partial charge in [0.1, 0.15) is 17.2 Å². The van der Waals surface area contributed by atoms with Gasteiger partial charge in [0.15, 0.2) is 5.82 Å². The maximum Gasteiger partial charge on any atom is 0.324 e. The number of hydrogen-bond acceptors (Lipinski definition) is 7. The van der Waals surface area contributed by atoms with Crippen molar-refractivity contribution in [2.45, 2.75) is 32.6 Å². The van der Waals surface area contributed by atoms with E-state index in [2.05, 4.69) is 31.4 Å². The number of nitrogens with one attached hydrogen (secondary N) is 4. The Morgan fingerprint density at radius 1 is 1.09 bits per heavy atom. The van der Waals surface area contributed by atoms with Crippen LogP contribution in [0.5, 0.6) is 5.75 Å². The van der Waals surface area contributed by atoms with E-state index < -0.39 is 6.03 Å². The number of pyridine rings is 1. The van der Waals surface area contributed by atoms with Crippen LogP contribution in [0.4, 0.5) is 22.0 Å². The third kappa shape index (κ3) is 6.80. The molecule has 184 valence electrons. The number of benzene rings is 1. The SMILES string of the molecule is CC(C)(C)c1cc(NC(=O)Nc2ccc(NC(=O)c3ccc(OC[C@@H]4CCNC4)cn3)cc2)no1. The van der Waals surface area contributed by atoms with E-state index in [1.165, 1.54) is 0 Å². The molecule has 0 radical (unpaired) electrons. The van der Waals surface area contributed by atoms with Gasteiger partial charge >= 0.3 is 6.03 Å². The lowest BCUT2D eigenvalue weighted by Crippen LogP contribution is -2.19. The highest BCUT2D eigenvalue weighted by Gasteiger charge is 2.20. The van der Waals surface area contributed by atoms with Crippen LogP contribution in [0.3, 0.4) is 0 Å². The minimum absolute atomic E-state index is 0.206. The van der Waals surface area contributed by atoms with Crippen molar-refractivity contribution in [2.75, 3.05) is 35.6 Å². The molecule has 1 aliphatic rings. The number of nitrogens with zero attached hydrogens (tertiary/aromatic N) is 2. The quantitative estimate of drug-likeness (QED) is 0.399. The van der Waals surface area contributed by atoms with Gasteiger partial charge < -0.3 is 25.2 Å². The third-order valence-electron chi connectivity index (χ3n) is 5.51. The average molecular weight is 479 g/mol. The molecule has 0 bridgehead atoms. The summed E-state index contributed by atoms with van der Waals surface area (Å²) in [5.41, 5.74) is 1.20. The van der Waals surface area contributed by atoms with E-state index in [0.29, 0.717) is 41.2 Å². The van der Waals surface area contributed by atoms with Crippen molar-refractivity contribution in [1.82, 2.24) is 15.5 Å². The second-order valence-electron chi connectivity index (χ2n) is 9.49. The van der Waals surface area contributed by atoms with Gasteiger partial charge in [-0.05, 0) is 49.4 Å². The van der Waals surface area contributed by atoms with Crippen LogP contribution in [0.1, 0.15) is 43.4 Å². The Morgan fingerprint density at radius 3 is 2.43 bits per heavy atom. The molecule has 1 aromatic carbocycles. The Morgan fingerprint density at radius 2 is 1.83 bits per heavy atom. The summed E-state index contributed by atoms with van der Waals surface area (Å²) in [6.07, 6.45) is 2.66. The van der Waals surface area contributed by atoms with Gasteiger partial charge in [-0.15, -0.1) is 0 Å². The number of carbonyl (C=O) groups excluding carboxylic acids is 2. The number of amides is 3. The van der Waals surface area contributed by atoms with Crippen LogP contribution in [0, 0.1) is 5.92 Å². The number of carbonyl (C=O) groups is 2. The van der Waals surface area contributed by atoms with Crippen molar-refractivity contribution < 1.29 is 18.8 Å². The van der Waals surface area contributed by atoms with Gasteiger partial charge in [0.05, 0.1) is 12.8 Å². The number of anilines is 3. The van der Waals surface area contributed by atoms with Crippen molar-refractivity contribution >= 4 is 29.1 Å². The Labute approximate surface area is 203 Å². The molecule has 0 unspecified atom stereocenters. The Balaban J connectivity index is 1.25. The molecule has 10 heteroatoms. The van der Waals surface area contributed by atoms with Crippen LogP contribution in [0.25, 0.3) is 0 Å². The first-order chi connectivity index (χ1) is 16.8. The summed E-state index contributed by atoms with van der Waals surface area (Å²) in [6, 6.07) is 11.4. The molecule has 3 aromatic rings. The molecule has 1 atom stereocenters. The smallest absolute Gasteiger partial charge is 0.324 e. The van der Waals surface area contributed by atoms with Crippen molar-refractivity contribution in [3.8, 4) is 5.75 Å². The zero-order valence-electron chi connectivity index (χ0n) is 20.1. The molecule has 3 heterocycles.